The van der Waals surface area contributed by atoms with Crippen LogP contribution in [-0.2, 0) is 10.0 Å². The zero-order valence-corrected chi connectivity index (χ0v) is 15.3. The van der Waals surface area contributed by atoms with E-state index in [-0.39, 0.29) is 25.4 Å². The van der Waals surface area contributed by atoms with Gasteiger partial charge in [0.2, 0.25) is 10.0 Å². The predicted molar refractivity (Wildman–Crippen MR) is 88.4 cm³/mol. The van der Waals surface area contributed by atoms with Gasteiger partial charge in [-0.3, -0.25) is 4.99 Å². The van der Waals surface area contributed by atoms with Crippen molar-refractivity contribution in [2.24, 2.45) is 10.9 Å². The normalized spacial score (nSPS) is 23.9. The minimum atomic E-state index is -4.17. The van der Waals surface area contributed by atoms with Gasteiger partial charge in [0.05, 0.1) is 12.2 Å². The topological polar surface area (TPSA) is 82.6 Å². The average molecular weight is 372 g/mol. The van der Waals surface area contributed by atoms with Crippen LogP contribution in [0.15, 0.2) is 4.99 Å². The summed E-state index contributed by atoms with van der Waals surface area (Å²) in [5.41, 5.74) is -0.758. The van der Waals surface area contributed by atoms with E-state index < -0.39 is 27.7 Å². The van der Waals surface area contributed by atoms with Gasteiger partial charge in [0, 0.05) is 25.2 Å². The van der Waals surface area contributed by atoms with E-state index in [1.165, 1.54) is 7.05 Å². The molecule has 2 atom stereocenters. The number of sulfonamides is 1. The van der Waals surface area contributed by atoms with Gasteiger partial charge < -0.3 is 10.6 Å². The fraction of sp³-hybridized carbons (Fsp3) is 0.929. The van der Waals surface area contributed by atoms with Crippen LogP contribution in [0.1, 0.15) is 39.5 Å². The number of nitrogens with zero attached hydrogens (tertiary/aromatic N) is 1. The maximum absolute atomic E-state index is 12.9. The van der Waals surface area contributed by atoms with E-state index in [0.29, 0.717) is 18.8 Å². The highest BCUT2D eigenvalue weighted by Gasteiger charge is 2.42. The highest BCUT2D eigenvalue weighted by Crippen LogP contribution is 2.37. The SMILES string of the molecule is CN=C(NCC(C)(C)NS(C)(=O)=O)NC1CCCC(C(F)(F)F)C1. The minimum Gasteiger partial charge on any atom is -0.355 e. The number of hydrogen-bond donors (Lipinski definition) is 3. The Bertz CT molecular complexity index is 547. The summed E-state index contributed by atoms with van der Waals surface area (Å²) in [6.07, 6.45) is -1.74. The van der Waals surface area contributed by atoms with Gasteiger partial charge in [-0.1, -0.05) is 6.42 Å². The summed E-state index contributed by atoms with van der Waals surface area (Å²) in [6, 6.07) is -0.303. The van der Waals surface area contributed by atoms with Gasteiger partial charge in [-0.15, -0.1) is 0 Å². The van der Waals surface area contributed by atoms with Crippen molar-refractivity contribution in [2.75, 3.05) is 19.8 Å². The van der Waals surface area contributed by atoms with Crippen LogP contribution in [0.5, 0.6) is 0 Å². The van der Waals surface area contributed by atoms with Crippen molar-refractivity contribution < 1.29 is 21.6 Å². The Kier molecular flexibility index (Phi) is 6.92. The Balaban J connectivity index is 2.56. The van der Waals surface area contributed by atoms with Crippen LogP contribution >= 0.6 is 0 Å². The molecule has 0 radical (unpaired) electrons. The fourth-order valence-electron chi connectivity index (χ4n) is 2.85. The molecular formula is C14H27F3N4O2S. The molecule has 1 saturated carbocycles. The van der Waals surface area contributed by atoms with Crippen molar-refractivity contribution in [1.29, 1.82) is 0 Å². The van der Waals surface area contributed by atoms with Crippen molar-refractivity contribution in [3.8, 4) is 0 Å². The molecule has 0 aliphatic heterocycles. The van der Waals surface area contributed by atoms with E-state index in [9.17, 15) is 21.6 Å². The van der Waals surface area contributed by atoms with Crippen molar-refractivity contribution in [3.63, 3.8) is 0 Å². The standard InChI is InChI=1S/C14H27F3N4O2S/c1-13(2,21-24(4,22)23)9-19-12(18-3)20-11-7-5-6-10(8-11)14(15,16)17/h10-11,21H,5-9H2,1-4H3,(H2,18,19,20). The lowest BCUT2D eigenvalue weighted by Gasteiger charge is -2.32. The molecule has 0 amide bonds. The average Bonchev–Trinajstić information content (AvgIpc) is 2.40. The maximum Gasteiger partial charge on any atom is 0.391 e. The van der Waals surface area contributed by atoms with Crippen LogP contribution in [0.3, 0.4) is 0 Å². The van der Waals surface area contributed by atoms with Gasteiger partial charge in [-0.05, 0) is 33.1 Å². The largest absolute Gasteiger partial charge is 0.391 e. The molecule has 0 heterocycles. The van der Waals surface area contributed by atoms with Crippen molar-refractivity contribution in [1.82, 2.24) is 15.4 Å². The smallest absolute Gasteiger partial charge is 0.355 e. The summed E-state index contributed by atoms with van der Waals surface area (Å²) < 4.78 is 63.7. The molecular weight excluding hydrogens is 345 g/mol. The van der Waals surface area contributed by atoms with Gasteiger partial charge in [0.25, 0.3) is 0 Å². The van der Waals surface area contributed by atoms with Crippen LogP contribution in [0.25, 0.3) is 0 Å². The van der Waals surface area contributed by atoms with Crippen LogP contribution in [0, 0.1) is 5.92 Å². The number of guanidine groups is 1. The van der Waals surface area contributed by atoms with Gasteiger partial charge in [0.15, 0.2) is 5.96 Å². The highest BCUT2D eigenvalue weighted by atomic mass is 32.2. The van der Waals surface area contributed by atoms with E-state index >= 15 is 0 Å². The monoisotopic (exact) mass is 372 g/mol. The van der Waals surface area contributed by atoms with Crippen molar-refractivity contribution in [3.05, 3.63) is 0 Å². The lowest BCUT2D eigenvalue weighted by Crippen LogP contribution is -2.54. The molecule has 3 N–H and O–H groups in total. The molecule has 1 aliphatic rings. The van der Waals surface area contributed by atoms with E-state index in [0.717, 1.165) is 6.26 Å². The Morgan fingerprint density at radius 2 is 1.88 bits per heavy atom. The minimum absolute atomic E-state index is 0.0230. The molecule has 0 bridgehead atoms. The van der Waals surface area contributed by atoms with Crippen LogP contribution in [-0.4, -0.2) is 52.0 Å². The molecule has 0 aromatic heterocycles. The second-order valence-electron chi connectivity index (χ2n) is 6.93. The number of nitrogens with one attached hydrogen (secondary N) is 3. The predicted octanol–water partition coefficient (Wildman–Crippen LogP) is 1.60. The zero-order chi connectivity index (χ0) is 18.6. The first-order chi connectivity index (χ1) is 10.8. The molecule has 0 aromatic carbocycles. The molecule has 0 spiro atoms. The van der Waals surface area contributed by atoms with Crippen LogP contribution in [0.4, 0.5) is 13.2 Å². The van der Waals surface area contributed by atoms with Crippen LogP contribution < -0.4 is 15.4 Å². The molecule has 142 valence electrons. The lowest BCUT2D eigenvalue weighted by atomic mass is 9.85. The number of aliphatic imine (C=N–C) groups is 1. The number of alkyl halides is 3. The molecule has 0 saturated heterocycles. The Labute approximate surface area is 141 Å². The third-order valence-electron chi connectivity index (χ3n) is 3.86. The van der Waals surface area contributed by atoms with E-state index in [1.807, 2.05) is 0 Å². The molecule has 1 aliphatic carbocycles. The summed E-state index contributed by atoms with van der Waals surface area (Å²) in [5.74, 6) is -0.920. The number of halogens is 3. The summed E-state index contributed by atoms with van der Waals surface area (Å²) in [7, 11) is -1.84. The van der Waals surface area contributed by atoms with E-state index in [1.54, 1.807) is 13.8 Å². The Morgan fingerprint density at radius 1 is 1.25 bits per heavy atom. The molecule has 1 rings (SSSR count). The summed E-state index contributed by atoms with van der Waals surface area (Å²) >= 11 is 0. The van der Waals surface area contributed by atoms with Crippen LogP contribution in [0.2, 0.25) is 0 Å². The second-order valence-corrected chi connectivity index (χ2v) is 8.68. The highest BCUT2D eigenvalue weighted by molar-refractivity contribution is 7.88. The number of hydrogen-bond acceptors (Lipinski definition) is 3. The van der Waals surface area contributed by atoms with E-state index in [2.05, 4.69) is 20.3 Å². The quantitative estimate of drug-likeness (QED) is 0.506. The van der Waals surface area contributed by atoms with Crippen molar-refractivity contribution in [2.45, 2.75) is 57.3 Å². The fourth-order valence-corrected chi connectivity index (χ4v) is 3.92. The van der Waals surface area contributed by atoms with Crippen molar-refractivity contribution >= 4 is 16.0 Å². The summed E-state index contributed by atoms with van der Waals surface area (Å²) in [5, 5.41) is 5.97. The van der Waals surface area contributed by atoms with Gasteiger partial charge in [0.1, 0.15) is 0 Å². The molecule has 2 unspecified atom stereocenters. The second kappa shape index (κ2) is 7.90. The van der Waals surface area contributed by atoms with Gasteiger partial charge in [-0.25, -0.2) is 13.1 Å². The first kappa shape index (κ1) is 21.0. The van der Waals surface area contributed by atoms with Gasteiger partial charge in [-0.2, -0.15) is 13.2 Å². The Morgan fingerprint density at radius 3 is 2.38 bits per heavy atom. The first-order valence-electron chi connectivity index (χ1n) is 7.85. The third-order valence-corrected chi connectivity index (χ3v) is 4.78. The molecule has 0 aromatic rings. The third kappa shape index (κ3) is 7.69. The lowest BCUT2D eigenvalue weighted by molar-refractivity contribution is -0.183. The molecule has 10 heteroatoms. The number of rotatable bonds is 5. The zero-order valence-electron chi connectivity index (χ0n) is 14.5. The van der Waals surface area contributed by atoms with E-state index in [4.69, 9.17) is 0 Å². The summed E-state index contributed by atoms with van der Waals surface area (Å²) in [4.78, 5) is 4.00. The molecule has 6 nitrogen and oxygen atoms in total. The Hall–Kier alpha value is -1.03. The van der Waals surface area contributed by atoms with Gasteiger partial charge >= 0.3 is 6.18 Å². The maximum atomic E-state index is 12.9. The molecule has 1 fully saturated rings. The molecule has 24 heavy (non-hydrogen) atoms. The first-order valence-corrected chi connectivity index (χ1v) is 9.74. The summed E-state index contributed by atoms with van der Waals surface area (Å²) in [6.45, 7) is 3.65.